The van der Waals surface area contributed by atoms with E-state index in [1.54, 1.807) is 13.0 Å². The number of carbonyl (C=O) groups is 2. The van der Waals surface area contributed by atoms with Crippen LogP contribution >= 0.6 is 0 Å². The van der Waals surface area contributed by atoms with Crippen LogP contribution in [0.4, 0.5) is 10.5 Å². The number of urea groups is 1. The Kier molecular flexibility index (Phi) is 4.07. The summed E-state index contributed by atoms with van der Waals surface area (Å²) >= 11 is 0. The number of fused-ring (bicyclic) bond motifs is 1. The van der Waals surface area contributed by atoms with Crippen molar-refractivity contribution in [1.82, 2.24) is 10.2 Å². The Morgan fingerprint density at radius 2 is 1.75 bits per heavy atom. The molecule has 0 aliphatic carbocycles. The number of imide groups is 1. The van der Waals surface area contributed by atoms with E-state index in [4.69, 9.17) is 0 Å². The zero-order valence-electron chi connectivity index (χ0n) is 15.1. The van der Waals surface area contributed by atoms with Crippen molar-refractivity contribution in [2.75, 3.05) is 0 Å². The third kappa shape index (κ3) is 2.77. The molecule has 0 saturated carbocycles. The van der Waals surface area contributed by atoms with Crippen molar-refractivity contribution in [2.24, 2.45) is 0 Å². The lowest BCUT2D eigenvalue weighted by atomic mass is 9.88. The summed E-state index contributed by atoms with van der Waals surface area (Å²) < 4.78 is 0. The number of amides is 3. The lowest BCUT2D eigenvalue weighted by molar-refractivity contribution is -0.384. The molecule has 1 fully saturated rings. The molecule has 0 radical (unpaired) electrons. The van der Waals surface area contributed by atoms with E-state index in [0.717, 1.165) is 15.7 Å². The van der Waals surface area contributed by atoms with Crippen LogP contribution in [0.3, 0.4) is 0 Å². The highest BCUT2D eigenvalue weighted by Crippen LogP contribution is 2.34. The Hall–Kier alpha value is -3.74. The third-order valence-electron chi connectivity index (χ3n) is 5.07. The molecule has 3 amide bonds. The van der Waals surface area contributed by atoms with Gasteiger partial charge >= 0.3 is 6.03 Å². The second kappa shape index (κ2) is 6.45. The summed E-state index contributed by atoms with van der Waals surface area (Å²) in [6.07, 6.45) is 0. The Morgan fingerprint density at radius 1 is 1.04 bits per heavy atom. The van der Waals surface area contributed by atoms with Crippen molar-refractivity contribution in [2.45, 2.75) is 19.0 Å². The summed E-state index contributed by atoms with van der Waals surface area (Å²) in [5, 5.41) is 15.6. The summed E-state index contributed by atoms with van der Waals surface area (Å²) in [6, 6.07) is 18.7. The Morgan fingerprint density at radius 3 is 2.54 bits per heavy atom. The average molecular weight is 375 g/mol. The normalized spacial score (nSPS) is 19.1. The fourth-order valence-electron chi connectivity index (χ4n) is 3.64. The van der Waals surface area contributed by atoms with Crippen LogP contribution in [0.25, 0.3) is 10.8 Å². The monoisotopic (exact) mass is 375 g/mol. The molecule has 7 nitrogen and oxygen atoms in total. The van der Waals surface area contributed by atoms with E-state index < -0.39 is 16.5 Å². The van der Waals surface area contributed by atoms with Crippen LogP contribution in [-0.4, -0.2) is 21.8 Å². The molecule has 3 aromatic carbocycles. The smallest absolute Gasteiger partial charge is 0.319 e. The molecule has 1 heterocycles. The van der Waals surface area contributed by atoms with Gasteiger partial charge in [-0.2, -0.15) is 0 Å². The van der Waals surface area contributed by atoms with Crippen molar-refractivity contribution < 1.29 is 14.5 Å². The molecule has 3 aromatic rings. The Balaban J connectivity index is 1.70. The topological polar surface area (TPSA) is 92.6 Å². The number of benzene rings is 3. The van der Waals surface area contributed by atoms with Gasteiger partial charge in [0.25, 0.3) is 11.6 Å². The van der Waals surface area contributed by atoms with Crippen LogP contribution in [0.1, 0.15) is 18.1 Å². The van der Waals surface area contributed by atoms with Gasteiger partial charge in [-0.15, -0.1) is 0 Å². The number of nitrogens with zero attached hydrogens (tertiary/aromatic N) is 2. The first-order valence-electron chi connectivity index (χ1n) is 8.76. The van der Waals surface area contributed by atoms with E-state index in [1.807, 2.05) is 42.5 Å². The Bertz CT molecular complexity index is 1120. The van der Waals surface area contributed by atoms with Crippen LogP contribution in [-0.2, 0) is 16.9 Å². The lowest BCUT2D eigenvalue weighted by Crippen LogP contribution is -2.41. The molecular weight excluding hydrogens is 358 g/mol. The fraction of sp³-hybridized carbons (Fsp3) is 0.143. The van der Waals surface area contributed by atoms with Crippen molar-refractivity contribution in [3.05, 3.63) is 88.0 Å². The maximum Gasteiger partial charge on any atom is 0.325 e. The molecule has 1 aliphatic rings. The number of nitrogens with one attached hydrogen (secondary N) is 1. The fourth-order valence-corrected chi connectivity index (χ4v) is 3.64. The second-order valence-electron chi connectivity index (χ2n) is 6.90. The van der Waals surface area contributed by atoms with Gasteiger partial charge < -0.3 is 5.32 Å². The van der Waals surface area contributed by atoms with Gasteiger partial charge in [0.15, 0.2) is 0 Å². The average Bonchev–Trinajstić information content (AvgIpc) is 2.91. The minimum atomic E-state index is -1.21. The third-order valence-corrected chi connectivity index (χ3v) is 5.07. The summed E-state index contributed by atoms with van der Waals surface area (Å²) in [4.78, 5) is 37.4. The highest BCUT2D eigenvalue weighted by atomic mass is 16.6. The van der Waals surface area contributed by atoms with Crippen molar-refractivity contribution >= 4 is 28.4 Å². The second-order valence-corrected chi connectivity index (χ2v) is 6.90. The minimum Gasteiger partial charge on any atom is -0.319 e. The number of hydrogen-bond donors (Lipinski definition) is 1. The molecule has 28 heavy (non-hydrogen) atoms. The van der Waals surface area contributed by atoms with Gasteiger partial charge in [-0.25, -0.2) is 4.79 Å². The van der Waals surface area contributed by atoms with Gasteiger partial charge in [-0.3, -0.25) is 19.8 Å². The van der Waals surface area contributed by atoms with Gasteiger partial charge in [-0.05, 0) is 28.8 Å². The number of nitro groups is 1. The number of nitro benzene ring substituents is 1. The van der Waals surface area contributed by atoms with Crippen LogP contribution in [0.5, 0.6) is 0 Å². The van der Waals surface area contributed by atoms with E-state index in [0.29, 0.717) is 11.1 Å². The predicted octanol–water partition coefficient (Wildman–Crippen LogP) is 3.72. The molecule has 0 aromatic heterocycles. The molecule has 1 saturated heterocycles. The highest BCUT2D eigenvalue weighted by molar-refractivity contribution is 6.09. The summed E-state index contributed by atoms with van der Waals surface area (Å²) in [5.41, 5.74) is -0.0645. The molecule has 4 rings (SSSR count). The minimum absolute atomic E-state index is 0.0350. The molecule has 1 unspecified atom stereocenters. The Labute approximate surface area is 160 Å². The van der Waals surface area contributed by atoms with E-state index >= 15 is 0 Å². The largest absolute Gasteiger partial charge is 0.325 e. The van der Waals surface area contributed by atoms with Gasteiger partial charge in [0.1, 0.15) is 5.54 Å². The van der Waals surface area contributed by atoms with Gasteiger partial charge in [0, 0.05) is 12.1 Å². The van der Waals surface area contributed by atoms with Crippen LogP contribution in [0.2, 0.25) is 0 Å². The maximum atomic E-state index is 13.2. The van der Waals surface area contributed by atoms with Crippen molar-refractivity contribution in [1.29, 1.82) is 0 Å². The van der Waals surface area contributed by atoms with Gasteiger partial charge in [-0.1, -0.05) is 54.6 Å². The van der Waals surface area contributed by atoms with Crippen LogP contribution in [0, 0.1) is 10.1 Å². The van der Waals surface area contributed by atoms with E-state index in [1.165, 1.54) is 18.2 Å². The number of rotatable bonds is 4. The summed E-state index contributed by atoms with van der Waals surface area (Å²) in [7, 11) is 0. The number of carbonyl (C=O) groups excluding carboxylic acids is 2. The summed E-state index contributed by atoms with van der Waals surface area (Å²) in [6.45, 7) is 1.65. The zero-order valence-corrected chi connectivity index (χ0v) is 15.1. The molecule has 1 aliphatic heterocycles. The zero-order chi connectivity index (χ0) is 19.9. The van der Waals surface area contributed by atoms with Crippen LogP contribution in [0.15, 0.2) is 66.7 Å². The van der Waals surface area contributed by atoms with Gasteiger partial charge in [0.2, 0.25) is 0 Å². The maximum absolute atomic E-state index is 13.2. The molecule has 1 N–H and O–H groups in total. The van der Waals surface area contributed by atoms with Crippen LogP contribution < -0.4 is 5.32 Å². The first kappa shape index (κ1) is 17.7. The summed E-state index contributed by atoms with van der Waals surface area (Å²) in [5.74, 6) is -0.389. The molecule has 0 spiro atoms. The molecular formula is C21H17N3O4. The van der Waals surface area contributed by atoms with Gasteiger partial charge in [0.05, 0.1) is 11.5 Å². The molecule has 140 valence electrons. The molecule has 1 atom stereocenters. The SMILES string of the molecule is CC1(c2cccc3ccccc23)NC(=O)N(Cc2cccc([N+](=O)[O-])c2)C1=O. The number of non-ortho nitro benzene ring substituents is 1. The first-order chi connectivity index (χ1) is 13.4. The van der Waals surface area contributed by atoms with E-state index in [9.17, 15) is 19.7 Å². The quantitative estimate of drug-likeness (QED) is 0.427. The molecule has 7 heteroatoms. The van der Waals surface area contributed by atoms with Crippen molar-refractivity contribution in [3.63, 3.8) is 0 Å². The van der Waals surface area contributed by atoms with E-state index in [-0.39, 0.29) is 18.1 Å². The highest BCUT2D eigenvalue weighted by Gasteiger charge is 2.49. The lowest BCUT2D eigenvalue weighted by Gasteiger charge is -2.24. The molecule has 0 bridgehead atoms. The first-order valence-corrected chi connectivity index (χ1v) is 8.76. The van der Waals surface area contributed by atoms with E-state index in [2.05, 4.69) is 5.32 Å². The van der Waals surface area contributed by atoms with Crippen molar-refractivity contribution in [3.8, 4) is 0 Å². The predicted molar refractivity (Wildman–Crippen MR) is 103 cm³/mol. The number of hydrogen-bond acceptors (Lipinski definition) is 4. The standard InChI is InChI=1S/C21H17N3O4/c1-21(18-11-5-8-15-7-2-3-10-17(15)18)19(25)23(20(26)22-21)13-14-6-4-9-16(12-14)24(27)28/h2-12H,13H2,1H3,(H,22,26).